The van der Waals surface area contributed by atoms with E-state index >= 15 is 0 Å². The van der Waals surface area contributed by atoms with Gasteiger partial charge in [-0.3, -0.25) is 10.1 Å². The first-order valence-corrected chi connectivity index (χ1v) is 8.79. The van der Waals surface area contributed by atoms with Gasteiger partial charge in [-0.25, -0.2) is 9.59 Å². The smallest absolute Gasteiger partial charge is 0.344 e. The van der Waals surface area contributed by atoms with E-state index in [-0.39, 0.29) is 0 Å². The molecule has 0 aliphatic heterocycles. The molecule has 2 N–H and O–H groups in total. The van der Waals surface area contributed by atoms with Crippen LogP contribution in [0.15, 0.2) is 30.9 Å². The summed E-state index contributed by atoms with van der Waals surface area (Å²) in [4.78, 5) is 35.5. The first-order chi connectivity index (χ1) is 13.1. The Kier molecular flexibility index (Phi) is 8.50. The van der Waals surface area contributed by atoms with Crippen LogP contribution >= 0.6 is 0 Å². The second-order valence-corrected chi connectivity index (χ2v) is 7.09. The van der Waals surface area contributed by atoms with Gasteiger partial charge in [-0.2, -0.15) is 0 Å². The number of nitrogens with one attached hydrogen (secondary N) is 2. The Morgan fingerprint density at radius 3 is 2.46 bits per heavy atom. The molecule has 1 aromatic carbocycles. The summed E-state index contributed by atoms with van der Waals surface area (Å²) in [6.45, 7) is 9.95. The fourth-order valence-corrected chi connectivity index (χ4v) is 2.13. The van der Waals surface area contributed by atoms with Gasteiger partial charge < -0.3 is 19.5 Å². The molecule has 0 heterocycles. The number of methoxy groups -OCH3 is 1. The molecule has 8 nitrogen and oxygen atoms in total. The predicted octanol–water partition coefficient (Wildman–Crippen LogP) is 2.36. The summed E-state index contributed by atoms with van der Waals surface area (Å²) >= 11 is 0. The fraction of sp³-hybridized carbons (Fsp3) is 0.450. The molecule has 28 heavy (non-hydrogen) atoms. The van der Waals surface area contributed by atoms with Crippen molar-refractivity contribution in [2.24, 2.45) is 0 Å². The topological polar surface area (TPSA) is 103 Å². The van der Waals surface area contributed by atoms with Crippen LogP contribution in [-0.2, 0) is 20.7 Å². The van der Waals surface area contributed by atoms with E-state index in [1.54, 1.807) is 39.0 Å². The number of carbonyl (C=O) groups is 3. The van der Waals surface area contributed by atoms with Crippen molar-refractivity contribution in [2.45, 2.75) is 45.8 Å². The monoisotopic (exact) mass is 392 g/mol. The Morgan fingerprint density at radius 1 is 1.21 bits per heavy atom. The lowest BCUT2D eigenvalue weighted by Gasteiger charge is -2.21. The third kappa shape index (κ3) is 8.11. The van der Waals surface area contributed by atoms with Crippen LogP contribution in [0.4, 0.5) is 4.79 Å². The van der Waals surface area contributed by atoms with Crippen molar-refractivity contribution in [1.82, 2.24) is 10.6 Å². The van der Waals surface area contributed by atoms with Gasteiger partial charge in [0.05, 0.1) is 7.11 Å². The van der Waals surface area contributed by atoms with E-state index < -0.39 is 36.2 Å². The van der Waals surface area contributed by atoms with Crippen molar-refractivity contribution >= 4 is 17.9 Å². The van der Waals surface area contributed by atoms with Gasteiger partial charge in [0.1, 0.15) is 0 Å². The minimum absolute atomic E-state index is 0.369. The first kappa shape index (κ1) is 23.0. The fourth-order valence-electron chi connectivity index (χ4n) is 2.13. The van der Waals surface area contributed by atoms with Crippen LogP contribution in [0.1, 0.15) is 33.3 Å². The van der Waals surface area contributed by atoms with E-state index in [0.29, 0.717) is 17.9 Å². The molecule has 0 spiro atoms. The van der Waals surface area contributed by atoms with E-state index in [1.165, 1.54) is 14.0 Å². The van der Waals surface area contributed by atoms with Gasteiger partial charge in [-0.1, -0.05) is 12.1 Å². The van der Waals surface area contributed by atoms with Gasteiger partial charge in [0.2, 0.25) is 0 Å². The number of esters is 1. The highest BCUT2D eigenvalue weighted by Gasteiger charge is 2.22. The third-order valence-electron chi connectivity index (χ3n) is 3.36. The molecule has 0 radical (unpaired) electrons. The zero-order valence-corrected chi connectivity index (χ0v) is 17.0. The zero-order chi connectivity index (χ0) is 21.3. The van der Waals surface area contributed by atoms with Crippen molar-refractivity contribution in [1.29, 1.82) is 0 Å². The van der Waals surface area contributed by atoms with Crippen LogP contribution in [-0.4, -0.2) is 43.3 Å². The maximum Gasteiger partial charge on any atom is 0.344 e. The molecule has 1 rings (SSSR count). The Bertz CT molecular complexity index is 724. The number of hydrogen-bond acceptors (Lipinski definition) is 6. The number of amides is 3. The predicted molar refractivity (Wildman–Crippen MR) is 104 cm³/mol. The van der Waals surface area contributed by atoms with Gasteiger partial charge in [-0.05, 0) is 51.8 Å². The van der Waals surface area contributed by atoms with Gasteiger partial charge in [-0.15, -0.1) is 6.58 Å². The summed E-state index contributed by atoms with van der Waals surface area (Å²) in [6.07, 6.45) is 1.29. The minimum atomic E-state index is -1.15. The van der Waals surface area contributed by atoms with Crippen molar-refractivity contribution in [3.05, 3.63) is 36.4 Å². The van der Waals surface area contributed by atoms with Gasteiger partial charge >= 0.3 is 12.0 Å². The van der Waals surface area contributed by atoms with Crippen LogP contribution < -0.4 is 20.1 Å². The maximum atomic E-state index is 11.9. The highest BCUT2D eigenvalue weighted by molar-refractivity contribution is 5.97. The Morgan fingerprint density at radius 2 is 1.89 bits per heavy atom. The highest BCUT2D eigenvalue weighted by atomic mass is 16.6. The van der Waals surface area contributed by atoms with Crippen LogP contribution in [0.3, 0.4) is 0 Å². The second-order valence-electron chi connectivity index (χ2n) is 7.09. The number of urea groups is 1. The second kappa shape index (κ2) is 10.3. The third-order valence-corrected chi connectivity index (χ3v) is 3.36. The van der Waals surface area contributed by atoms with Crippen molar-refractivity contribution in [3.8, 4) is 11.5 Å². The molecule has 1 atom stereocenters. The van der Waals surface area contributed by atoms with Crippen molar-refractivity contribution in [3.63, 3.8) is 0 Å². The van der Waals surface area contributed by atoms with E-state index in [9.17, 15) is 14.4 Å². The number of carbonyl (C=O) groups excluding carboxylic acids is 3. The summed E-state index contributed by atoms with van der Waals surface area (Å²) < 4.78 is 15.7. The summed E-state index contributed by atoms with van der Waals surface area (Å²) in [5.41, 5.74) is 0.485. The van der Waals surface area contributed by atoms with Gasteiger partial charge in [0.15, 0.2) is 24.2 Å². The van der Waals surface area contributed by atoms with Crippen LogP contribution in [0, 0.1) is 0 Å². The number of benzene rings is 1. The SMILES string of the molecule is C=CCc1ccc(OCC(=O)O[C@@H](C)C(=O)NC(=O)NC(C)(C)C)c(OC)c1. The lowest BCUT2D eigenvalue weighted by atomic mass is 10.1. The zero-order valence-electron chi connectivity index (χ0n) is 17.0. The molecule has 0 aromatic heterocycles. The number of rotatable bonds is 8. The summed E-state index contributed by atoms with van der Waals surface area (Å²) in [6, 6.07) is 4.62. The Hall–Kier alpha value is -3.03. The van der Waals surface area contributed by atoms with E-state index in [4.69, 9.17) is 14.2 Å². The van der Waals surface area contributed by atoms with Crippen LogP contribution in [0.5, 0.6) is 11.5 Å². The average Bonchev–Trinajstić information content (AvgIpc) is 2.58. The standard InChI is InChI=1S/C20H28N2O6/c1-7-8-14-9-10-15(16(11-14)26-6)27-12-17(23)28-13(2)18(24)21-19(25)22-20(3,4)5/h7,9-11,13H,1,8,12H2,2-6H3,(H2,21,22,24,25)/t13-/m0/s1. The van der Waals surface area contributed by atoms with E-state index in [2.05, 4.69) is 17.2 Å². The molecule has 8 heteroatoms. The summed E-state index contributed by atoms with van der Waals surface area (Å²) in [5.74, 6) is -0.650. The first-order valence-electron chi connectivity index (χ1n) is 8.79. The van der Waals surface area contributed by atoms with Gasteiger partial charge in [0.25, 0.3) is 5.91 Å². The van der Waals surface area contributed by atoms with E-state index in [1.807, 2.05) is 6.07 Å². The van der Waals surface area contributed by atoms with E-state index in [0.717, 1.165) is 5.56 Å². The molecular weight excluding hydrogens is 364 g/mol. The molecule has 0 saturated heterocycles. The van der Waals surface area contributed by atoms with Crippen molar-refractivity contribution in [2.75, 3.05) is 13.7 Å². The number of imide groups is 1. The molecule has 0 aliphatic rings. The van der Waals surface area contributed by atoms with Crippen LogP contribution in [0.25, 0.3) is 0 Å². The molecule has 0 fully saturated rings. The molecular formula is C20H28N2O6. The summed E-state index contributed by atoms with van der Waals surface area (Å²) in [5, 5.41) is 4.69. The number of ether oxygens (including phenoxy) is 3. The average molecular weight is 392 g/mol. The summed E-state index contributed by atoms with van der Waals surface area (Å²) in [7, 11) is 1.49. The maximum absolute atomic E-state index is 11.9. The lowest BCUT2D eigenvalue weighted by Crippen LogP contribution is -2.50. The molecule has 0 aliphatic carbocycles. The molecule has 3 amide bonds. The molecule has 0 saturated carbocycles. The number of hydrogen-bond donors (Lipinski definition) is 2. The van der Waals surface area contributed by atoms with Crippen molar-refractivity contribution < 1.29 is 28.6 Å². The minimum Gasteiger partial charge on any atom is -0.493 e. The highest BCUT2D eigenvalue weighted by Crippen LogP contribution is 2.28. The number of allylic oxidation sites excluding steroid dienone is 1. The normalized spacial score (nSPS) is 11.8. The van der Waals surface area contributed by atoms with Crippen LogP contribution in [0.2, 0.25) is 0 Å². The Labute approximate surface area is 165 Å². The molecule has 154 valence electrons. The van der Waals surface area contributed by atoms with Gasteiger partial charge in [0, 0.05) is 5.54 Å². The quantitative estimate of drug-likeness (QED) is 0.520. The molecule has 0 unspecified atom stereocenters. The largest absolute Gasteiger partial charge is 0.493 e. The Balaban J connectivity index is 2.54. The lowest BCUT2D eigenvalue weighted by molar-refractivity contribution is -0.156. The molecule has 0 bridgehead atoms. The molecule has 1 aromatic rings.